The van der Waals surface area contributed by atoms with Crippen LogP contribution in [-0.2, 0) is 4.39 Å². The van der Waals surface area contributed by atoms with Crippen molar-refractivity contribution in [3.8, 4) is 0 Å². The van der Waals surface area contributed by atoms with E-state index >= 15 is 0 Å². The fourth-order valence-corrected chi connectivity index (χ4v) is 1.21. The second kappa shape index (κ2) is 4.12. The van der Waals surface area contributed by atoms with E-state index in [2.05, 4.69) is 15.6 Å². The number of rotatable bonds is 2. The van der Waals surface area contributed by atoms with Crippen molar-refractivity contribution >= 4 is 18.1 Å². The first-order valence-corrected chi connectivity index (χ1v) is 3.92. The van der Waals surface area contributed by atoms with Gasteiger partial charge in [0.1, 0.15) is 0 Å². The summed E-state index contributed by atoms with van der Waals surface area (Å²) in [6, 6.07) is 6.11. The SMILES string of the molecule is Cc1cc(C)cc(C=NOCl)c1. The Hall–Kier alpha value is -1.02. The summed E-state index contributed by atoms with van der Waals surface area (Å²) in [4.78, 5) is 0. The lowest BCUT2D eigenvalue weighted by molar-refractivity contribution is 0.383. The van der Waals surface area contributed by atoms with Gasteiger partial charge in [0.05, 0.1) is 6.21 Å². The first kappa shape index (κ1) is 9.07. The molecule has 3 heteroatoms. The van der Waals surface area contributed by atoms with Crippen LogP contribution in [0.5, 0.6) is 0 Å². The van der Waals surface area contributed by atoms with Gasteiger partial charge in [0.25, 0.3) is 0 Å². The number of benzene rings is 1. The molecule has 12 heavy (non-hydrogen) atoms. The van der Waals surface area contributed by atoms with Crippen molar-refractivity contribution in [2.75, 3.05) is 0 Å². The van der Waals surface area contributed by atoms with Crippen molar-refractivity contribution in [3.05, 3.63) is 34.9 Å². The van der Waals surface area contributed by atoms with Gasteiger partial charge < -0.3 is 0 Å². The summed E-state index contributed by atoms with van der Waals surface area (Å²) in [6.07, 6.45) is 1.58. The Morgan fingerprint density at radius 2 is 1.83 bits per heavy atom. The smallest absolute Gasteiger partial charge is 0.167 e. The summed E-state index contributed by atoms with van der Waals surface area (Å²) in [5.41, 5.74) is 3.39. The van der Waals surface area contributed by atoms with Gasteiger partial charge in [-0.2, -0.15) is 0 Å². The minimum atomic E-state index is 0.994. The fourth-order valence-electron chi connectivity index (χ4n) is 1.17. The van der Waals surface area contributed by atoms with Crippen molar-refractivity contribution in [2.45, 2.75) is 13.8 Å². The molecule has 0 aliphatic carbocycles. The standard InChI is InChI=1S/C9H10ClNO/c1-7-3-8(2)5-9(4-7)6-11-12-10/h3-6H,1-2H3. The van der Waals surface area contributed by atoms with E-state index in [-0.39, 0.29) is 0 Å². The zero-order chi connectivity index (χ0) is 8.97. The van der Waals surface area contributed by atoms with Gasteiger partial charge >= 0.3 is 0 Å². The largest absolute Gasteiger partial charge is 0.277 e. The van der Waals surface area contributed by atoms with E-state index in [1.54, 1.807) is 6.21 Å². The van der Waals surface area contributed by atoms with Crippen LogP contribution in [0, 0.1) is 13.8 Å². The van der Waals surface area contributed by atoms with Crippen LogP contribution in [0.25, 0.3) is 0 Å². The van der Waals surface area contributed by atoms with E-state index in [0.717, 1.165) is 5.56 Å². The van der Waals surface area contributed by atoms with Crippen LogP contribution in [-0.4, -0.2) is 6.21 Å². The van der Waals surface area contributed by atoms with E-state index in [4.69, 9.17) is 11.9 Å². The first-order chi connectivity index (χ1) is 5.72. The Kier molecular flexibility index (Phi) is 3.11. The van der Waals surface area contributed by atoms with Crippen LogP contribution in [0.15, 0.2) is 23.4 Å². The maximum atomic E-state index is 4.93. The van der Waals surface area contributed by atoms with Gasteiger partial charge in [-0.25, -0.2) is 0 Å². The highest BCUT2D eigenvalue weighted by molar-refractivity contribution is 6.07. The molecule has 0 aliphatic rings. The Balaban J connectivity index is 2.93. The Morgan fingerprint density at radius 1 is 1.25 bits per heavy atom. The van der Waals surface area contributed by atoms with Gasteiger partial charge in [0.2, 0.25) is 0 Å². The minimum absolute atomic E-state index is 0.994. The second-order valence-corrected chi connectivity index (χ2v) is 2.86. The summed E-state index contributed by atoms with van der Waals surface area (Å²) in [7, 11) is 0. The predicted octanol–water partition coefficient (Wildman–Crippen LogP) is 2.81. The molecule has 0 radical (unpaired) electrons. The lowest BCUT2D eigenvalue weighted by Gasteiger charge is -1.97. The molecular weight excluding hydrogens is 174 g/mol. The van der Waals surface area contributed by atoms with Crippen LogP contribution >= 0.6 is 11.9 Å². The predicted molar refractivity (Wildman–Crippen MR) is 50.4 cm³/mol. The number of hydrogen-bond donors (Lipinski definition) is 0. The highest BCUT2D eigenvalue weighted by Crippen LogP contribution is 2.06. The van der Waals surface area contributed by atoms with Gasteiger partial charge in [-0.1, -0.05) is 34.5 Å². The molecule has 0 unspecified atom stereocenters. The maximum absolute atomic E-state index is 4.93. The van der Waals surface area contributed by atoms with Crippen molar-refractivity contribution in [3.63, 3.8) is 0 Å². The molecule has 0 aliphatic heterocycles. The summed E-state index contributed by atoms with van der Waals surface area (Å²) in [5, 5.41) is 3.46. The lowest BCUT2D eigenvalue weighted by Crippen LogP contribution is -1.85. The summed E-state index contributed by atoms with van der Waals surface area (Å²) < 4.78 is 4.07. The second-order valence-electron chi connectivity index (χ2n) is 2.72. The van der Waals surface area contributed by atoms with E-state index in [9.17, 15) is 0 Å². The Labute approximate surface area is 77.0 Å². The van der Waals surface area contributed by atoms with Crippen molar-refractivity contribution in [1.82, 2.24) is 0 Å². The summed E-state index contributed by atoms with van der Waals surface area (Å²) in [5.74, 6) is 0. The van der Waals surface area contributed by atoms with E-state index in [1.165, 1.54) is 11.1 Å². The number of aryl methyl sites for hydroxylation is 2. The van der Waals surface area contributed by atoms with Crippen LogP contribution in [0.2, 0.25) is 0 Å². The fraction of sp³-hybridized carbons (Fsp3) is 0.222. The van der Waals surface area contributed by atoms with Crippen molar-refractivity contribution < 1.29 is 4.39 Å². The number of nitrogens with zero attached hydrogens (tertiary/aromatic N) is 1. The zero-order valence-corrected chi connectivity index (χ0v) is 7.80. The molecule has 0 bridgehead atoms. The van der Waals surface area contributed by atoms with Gasteiger partial charge in [-0.3, -0.25) is 4.39 Å². The molecule has 0 fully saturated rings. The lowest BCUT2D eigenvalue weighted by atomic mass is 10.1. The van der Waals surface area contributed by atoms with E-state index < -0.39 is 0 Å². The van der Waals surface area contributed by atoms with Crippen molar-refractivity contribution in [2.24, 2.45) is 5.16 Å². The van der Waals surface area contributed by atoms with Gasteiger partial charge in [-0.05, 0) is 19.4 Å². The van der Waals surface area contributed by atoms with Crippen molar-refractivity contribution in [1.29, 1.82) is 0 Å². The average molecular weight is 184 g/mol. The molecular formula is C9H10ClNO. The third kappa shape index (κ3) is 2.55. The van der Waals surface area contributed by atoms with E-state index in [0.29, 0.717) is 0 Å². The average Bonchev–Trinajstić information content (AvgIpc) is 1.99. The highest BCUT2D eigenvalue weighted by atomic mass is 35.5. The van der Waals surface area contributed by atoms with E-state index in [1.807, 2.05) is 26.0 Å². The maximum Gasteiger partial charge on any atom is 0.167 e. The Bertz CT molecular complexity index is 276. The third-order valence-corrected chi connectivity index (χ3v) is 1.57. The van der Waals surface area contributed by atoms with Crippen LogP contribution in [0.4, 0.5) is 0 Å². The van der Waals surface area contributed by atoms with Crippen LogP contribution in [0.1, 0.15) is 16.7 Å². The third-order valence-electron chi connectivity index (χ3n) is 1.49. The minimum Gasteiger partial charge on any atom is -0.277 e. The number of halogens is 1. The molecule has 0 atom stereocenters. The number of hydrogen-bond acceptors (Lipinski definition) is 2. The molecule has 64 valence electrons. The van der Waals surface area contributed by atoms with Crippen LogP contribution < -0.4 is 0 Å². The van der Waals surface area contributed by atoms with Crippen LogP contribution in [0.3, 0.4) is 0 Å². The topological polar surface area (TPSA) is 21.6 Å². The molecule has 0 saturated heterocycles. The molecule has 1 aromatic rings. The summed E-state index contributed by atoms with van der Waals surface area (Å²) >= 11 is 4.93. The molecule has 0 spiro atoms. The monoisotopic (exact) mass is 183 g/mol. The first-order valence-electron chi connectivity index (χ1n) is 3.62. The molecule has 0 aromatic heterocycles. The van der Waals surface area contributed by atoms with Gasteiger partial charge in [0.15, 0.2) is 11.9 Å². The molecule has 0 saturated carbocycles. The molecule has 1 aromatic carbocycles. The van der Waals surface area contributed by atoms with Gasteiger partial charge in [0, 0.05) is 0 Å². The summed E-state index contributed by atoms with van der Waals surface area (Å²) in [6.45, 7) is 4.07. The molecule has 1 rings (SSSR count). The normalized spacial score (nSPS) is 10.6. The molecule has 2 nitrogen and oxygen atoms in total. The quantitative estimate of drug-likeness (QED) is 0.511. The molecule has 0 N–H and O–H groups in total. The Morgan fingerprint density at radius 3 is 2.33 bits per heavy atom. The molecule has 0 amide bonds. The zero-order valence-electron chi connectivity index (χ0n) is 7.04. The van der Waals surface area contributed by atoms with Gasteiger partial charge in [-0.15, -0.1) is 0 Å². The number of oxime groups is 1. The highest BCUT2D eigenvalue weighted by Gasteiger charge is 1.91. The molecule has 0 heterocycles.